The molecular weight excluding hydrogens is 288 g/mol. The summed E-state index contributed by atoms with van der Waals surface area (Å²) in [5.74, 6) is -1.41. The monoisotopic (exact) mass is 298 g/mol. The minimum absolute atomic E-state index is 0.0201. The zero-order chi connectivity index (χ0) is 13.8. The van der Waals surface area contributed by atoms with Crippen LogP contribution in [0.5, 0.6) is 0 Å². The summed E-state index contributed by atoms with van der Waals surface area (Å²) in [7, 11) is 0. The Balaban J connectivity index is 1.94. The number of thiazole rings is 2. The van der Waals surface area contributed by atoms with Gasteiger partial charge in [-0.05, 0) is 0 Å². The van der Waals surface area contributed by atoms with E-state index in [1.165, 1.54) is 28.1 Å². The number of aromatic nitrogens is 2. The molecule has 0 saturated carbocycles. The van der Waals surface area contributed by atoms with Crippen molar-refractivity contribution < 1.29 is 14.7 Å². The maximum atomic E-state index is 11.7. The third-order valence-electron chi connectivity index (χ3n) is 2.13. The molecule has 0 radical (unpaired) electrons. The number of carboxylic acid groups (broad SMARTS) is 1. The van der Waals surface area contributed by atoms with E-state index in [0.717, 1.165) is 0 Å². The smallest absolute Gasteiger partial charge is 0.355 e. The molecule has 2 rings (SSSR count). The van der Waals surface area contributed by atoms with Crippen LogP contribution in [0.2, 0.25) is 0 Å². The van der Waals surface area contributed by atoms with E-state index in [1.54, 1.807) is 5.38 Å². The van der Waals surface area contributed by atoms with E-state index >= 15 is 0 Å². The van der Waals surface area contributed by atoms with Crippen LogP contribution in [0.15, 0.2) is 10.8 Å². The highest BCUT2D eigenvalue weighted by Gasteiger charge is 2.12. The summed E-state index contributed by atoms with van der Waals surface area (Å²) >= 11 is 2.50. The molecule has 0 aliphatic carbocycles. The molecule has 9 heteroatoms. The van der Waals surface area contributed by atoms with Gasteiger partial charge in [-0.25, -0.2) is 14.8 Å². The highest BCUT2D eigenvalue weighted by atomic mass is 32.1. The van der Waals surface area contributed by atoms with Crippen molar-refractivity contribution in [3.05, 3.63) is 32.2 Å². The summed E-state index contributed by atoms with van der Waals surface area (Å²) in [6.45, 7) is 0.471. The lowest BCUT2D eigenvalue weighted by molar-refractivity contribution is 0.0691. The summed E-state index contributed by atoms with van der Waals surface area (Å²) in [6.07, 6.45) is 0. The van der Waals surface area contributed by atoms with Gasteiger partial charge in [-0.2, -0.15) is 0 Å². The third kappa shape index (κ3) is 3.34. The van der Waals surface area contributed by atoms with E-state index in [9.17, 15) is 9.59 Å². The zero-order valence-corrected chi connectivity index (χ0v) is 11.3. The van der Waals surface area contributed by atoms with Crippen molar-refractivity contribution in [2.75, 3.05) is 0 Å². The topological polar surface area (TPSA) is 118 Å². The van der Waals surface area contributed by atoms with E-state index in [-0.39, 0.29) is 18.1 Å². The summed E-state index contributed by atoms with van der Waals surface area (Å²) in [5.41, 5.74) is 5.70. The number of carboxylic acids is 1. The number of nitrogens with one attached hydrogen (secondary N) is 1. The number of aromatic carboxylic acids is 1. The first kappa shape index (κ1) is 13.6. The number of carbonyl (C=O) groups is 2. The third-order valence-corrected chi connectivity index (χ3v) is 3.85. The van der Waals surface area contributed by atoms with Gasteiger partial charge in [0.25, 0.3) is 5.91 Å². The first-order chi connectivity index (χ1) is 9.10. The van der Waals surface area contributed by atoms with E-state index in [1.807, 2.05) is 0 Å². The largest absolute Gasteiger partial charge is 0.476 e. The molecular formula is C10H10N4O3S2. The Kier molecular flexibility index (Phi) is 4.20. The molecule has 0 bridgehead atoms. The minimum Gasteiger partial charge on any atom is -0.476 e. The van der Waals surface area contributed by atoms with Crippen LogP contribution in [-0.2, 0) is 13.1 Å². The molecule has 2 heterocycles. The highest BCUT2D eigenvalue weighted by molar-refractivity contribution is 7.10. The van der Waals surface area contributed by atoms with Crippen molar-refractivity contribution in [3.63, 3.8) is 0 Å². The van der Waals surface area contributed by atoms with Gasteiger partial charge in [0, 0.05) is 17.3 Å². The van der Waals surface area contributed by atoms with Crippen LogP contribution >= 0.6 is 22.7 Å². The Labute approximate surface area is 116 Å². The molecule has 100 valence electrons. The number of amides is 1. The van der Waals surface area contributed by atoms with Crippen molar-refractivity contribution in [1.29, 1.82) is 0 Å². The summed E-state index contributed by atoms with van der Waals surface area (Å²) in [4.78, 5) is 30.3. The van der Waals surface area contributed by atoms with Crippen molar-refractivity contribution in [2.24, 2.45) is 5.73 Å². The number of hydrogen-bond donors (Lipinski definition) is 3. The standard InChI is InChI=1S/C10H10N4O3S2/c11-1-7-13-5(3-18-7)9(15)12-2-8-14-6(4-19-8)10(16)17/h3-4H,1-2,11H2,(H,12,15)(H,16,17). The van der Waals surface area contributed by atoms with E-state index in [4.69, 9.17) is 10.8 Å². The fourth-order valence-electron chi connectivity index (χ4n) is 1.25. The summed E-state index contributed by atoms with van der Waals surface area (Å²) in [5, 5.41) is 15.6. The molecule has 0 unspecified atom stereocenters. The van der Waals surface area contributed by atoms with E-state index < -0.39 is 5.97 Å². The average molecular weight is 298 g/mol. The van der Waals surface area contributed by atoms with Gasteiger partial charge in [-0.3, -0.25) is 4.79 Å². The maximum Gasteiger partial charge on any atom is 0.355 e. The lowest BCUT2D eigenvalue weighted by Crippen LogP contribution is -2.23. The molecule has 0 atom stereocenters. The van der Waals surface area contributed by atoms with Gasteiger partial charge in [-0.1, -0.05) is 0 Å². The fourth-order valence-corrected chi connectivity index (χ4v) is 2.61. The van der Waals surface area contributed by atoms with Crippen molar-refractivity contribution >= 4 is 34.6 Å². The Morgan fingerprint density at radius 1 is 1.21 bits per heavy atom. The van der Waals surface area contributed by atoms with Crippen LogP contribution in [-0.4, -0.2) is 27.0 Å². The Hall–Kier alpha value is -1.84. The van der Waals surface area contributed by atoms with Crippen LogP contribution in [0.4, 0.5) is 0 Å². The number of rotatable bonds is 5. The van der Waals surface area contributed by atoms with Gasteiger partial charge in [0.2, 0.25) is 0 Å². The van der Waals surface area contributed by atoms with Crippen LogP contribution in [0.1, 0.15) is 31.0 Å². The van der Waals surface area contributed by atoms with Crippen LogP contribution in [0, 0.1) is 0 Å². The molecule has 0 spiro atoms. The van der Waals surface area contributed by atoms with Gasteiger partial charge in [-0.15, -0.1) is 22.7 Å². The predicted molar refractivity (Wildman–Crippen MR) is 70.2 cm³/mol. The maximum absolute atomic E-state index is 11.7. The molecule has 0 aliphatic heterocycles. The SMILES string of the molecule is NCc1nc(C(=O)NCc2nc(C(=O)O)cs2)cs1. The summed E-state index contributed by atoms with van der Waals surface area (Å²) < 4.78 is 0. The van der Waals surface area contributed by atoms with Crippen LogP contribution in [0.3, 0.4) is 0 Å². The molecule has 0 fully saturated rings. The second-order valence-corrected chi connectivity index (χ2v) is 5.33. The molecule has 7 nitrogen and oxygen atoms in total. The van der Waals surface area contributed by atoms with Gasteiger partial charge in [0.15, 0.2) is 5.69 Å². The average Bonchev–Trinajstić information content (AvgIpc) is 3.04. The molecule has 2 aromatic heterocycles. The summed E-state index contributed by atoms with van der Waals surface area (Å²) in [6, 6.07) is 0. The highest BCUT2D eigenvalue weighted by Crippen LogP contribution is 2.11. The van der Waals surface area contributed by atoms with Crippen molar-refractivity contribution in [1.82, 2.24) is 15.3 Å². The Bertz CT molecular complexity index is 607. The normalized spacial score (nSPS) is 10.4. The predicted octanol–water partition coefficient (Wildman–Crippen LogP) is 0.687. The molecule has 1 amide bonds. The van der Waals surface area contributed by atoms with Crippen molar-refractivity contribution in [2.45, 2.75) is 13.1 Å². The number of nitrogens with two attached hydrogens (primary N) is 1. The zero-order valence-electron chi connectivity index (χ0n) is 9.62. The van der Waals surface area contributed by atoms with Crippen LogP contribution < -0.4 is 11.1 Å². The lowest BCUT2D eigenvalue weighted by Gasteiger charge is -1.99. The van der Waals surface area contributed by atoms with Crippen LogP contribution in [0.25, 0.3) is 0 Å². The number of carbonyl (C=O) groups excluding carboxylic acids is 1. The first-order valence-corrected chi connectivity index (χ1v) is 6.96. The molecule has 0 aromatic carbocycles. The molecule has 4 N–H and O–H groups in total. The second-order valence-electron chi connectivity index (χ2n) is 3.44. The van der Waals surface area contributed by atoms with Gasteiger partial charge < -0.3 is 16.2 Å². The Morgan fingerprint density at radius 3 is 2.42 bits per heavy atom. The first-order valence-electron chi connectivity index (χ1n) is 5.20. The quantitative estimate of drug-likeness (QED) is 0.747. The van der Waals surface area contributed by atoms with E-state index in [0.29, 0.717) is 22.3 Å². The van der Waals surface area contributed by atoms with E-state index in [2.05, 4.69) is 15.3 Å². The number of nitrogens with zero attached hydrogens (tertiary/aromatic N) is 2. The number of hydrogen-bond acceptors (Lipinski definition) is 7. The van der Waals surface area contributed by atoms with Crippen molar-refractivity contribution in [3.8, 4) is 0 Å². The molecule has 0 saturated heterocycles. The molecule has 0 aliphatic rings. The molecule has 19 heavy (non-hydrogen) atoms. The van der Waals surface area contributed by atoms with Gasteiger partial charge >= 0.3 is 5.97 Å². The fraction of sp³-hybridized carbons (Fsp3) is 0.200. The second kappa shape index (κ2) is 5.87. The minimum atomic E-state index is -1.08. The van der Waals surface area contributed by atoms with Gasteiger partial charge in [0.05, 0.1) is 6.54 Å². The Morgan fingerprint density at radius 2 is 1.84 bits per heavy atom. The van der Waals surface area contributed by atoms with Gasteiger partial charge in [0.1, 0.15) is 15.7 Å². The lowest BCUT2D eigenvalue weighted by atomic mass is 10.4. The molecule has 2 aromatic rings.